The fourth-order valence-corrected chi connectivity index (χ4v) is 4.36. The van der Waals surface area contributed by atoms with Crippen molar-refractivity contribution in [2.24, 2.45) is 21.8 Å². The molecule has 154 valence electrons. The number of hydrogen-bond acceptors (Lipinski definition) is 2. The second-order valence-electron chi connectivity index (χ2n) is 8.38. The number of rotatable bonds is 16. The van der Waals surface area contributed by atoms with Gasteiger partial charge in [0.25, 0.3) is 0 Å². The van der Waals surface area contributed by atoms with E-state index in [-0.39, 0.29) is 0 Å². The van der Waals surface area contributed by atoms with Crippen LogP contribution in [0.4, 0.5) is 0 Å². The predicted octanol–water partition coefficient (Wildman–Crippen LogP) is 7.83. The molecule has 0 amide bonds. The average Bonchev–Trinajstić information content (AvgIpc) is 3.25. The zero-order valence-corrected chi connectivity index (χ0v) is 18.3. The maximum atomic E-state index is 4.62. The van der Waals surface area contributed by atoms with Crippen molar-refractivity contribution >= 4 is 12.4 Å². The summed E-state index contributed by atoms with van der Waals surface area (Å²) < 4.78 is 0. The molecule has 0 spiro atoms. The molecule has 1 aromatic carbocycles. The Hall–Kier alpha value is -1.57. The van der Waals surface area contributed by atoms with Gasteiger partial charge in [-0.2, -0.15) is 0 Å². The normalized spacial score (nSPS) is 15.3. The van der Waals surface area contributed by atoms with Crippen LogP contribution in [0.3, 0.4) is 0 Å². The van der Waals surface area contributed by atoms with Gasteiger partial charge in [0.15, 0.2) is 12.4 Å². The molecule has 2 unspecified atom stereocenters. The monoisotopic (exact) mass is 381 g/mol. The van der Waals surface area contributed by atoms with Crippen LogP contribution in [-0.4, -0.2) is 12.4 Å². The highest BCUT2D eigenvalue weighted by atomic mass is 15.0. The van der Waals surface area contributed by atoms with Gasteiger partial charge in [-0.3, -0.25) is 0 Å². The number of benzene rings is 1. The highest BCUT2D eigenvalue weighted by molar-refractivity contribution is 6.18. The molecule has 1 aliphatic rings. The average molecular weight is 382 g/mol. The largest absolute Gasteiger partial charge is 0.244 e. The minimum atomic E-state index is 0.502. The molecule has 1 heterocycles. The molecule has 0 bridgehead atoms. The first kappa shape index (κ1) is 22.7. The van der Waals surface area contributed by atoms with E-state index in [0.29, 0.717) is 11.8 Å². The summed E-state index contributed by atoms with van der Waals surface area (Å²) in [5.74, 6) is 1.15. The Morgan fingerprint density at radius 3 is 1.96 bits per heavy atom. The summed E-state index contributed by atoms with van der Waals surface area (Å²) in [6.07, 6.45) is 22.0. The summed E-state index contributed by atoms with van der Waals surface area (Å²) in [6.45, 7) is 4.58. The Balaban J connectivity index is 1.95. The van der Waals surface area contributed by atoms with Crippen molar-refractivity contribution in [1.29, 1.82) is 0 Å². The predicted molar refractivity (Wildman–Crippen MR) is 124 cm³/mol. The van der Waals surface area contributed by atoms with Crippen LogP contribution in [-0.2, 0) is 6.42 Å². The zero-order chi connectivity index (χ0) is 19.9. The Labute approximate surface area is 174 Å². The summed E-state index contributed by atoms with van der Waals surface area (Å²) in [4.78, 5) is 9.25. The summed E-state index contributed by atoms with van der Waals surface area (Å²) in [6, 6.07) is 11.0. The van der Waals surface area contributed by atoms with Crippen LogP contribution >= 0.6 is 0 Å². The summed E-state index contributed by atoms with van der Waals surface area (Å²) in [7, 11) is 0. The fraction of sp³-hybridized carbons (Fsp3) is 0.654. The third kappa shape index (κ3) is 8.63. The van der Waals surface area contributed by atoms with E-state index in [2.05, 4.69) is 54.2 Å². The molecule has 0 saturated carbocycles. The molecule has 2 atom stereocenters. The van der Waals surface area contributed by atoms with Gasteiger partial charge in [0.05, 0.1) is 5.92 Å². The molecule has 2 heteroatoms. The fourth-order valence-electron chi connectivity index (χ4n) is 4.36. The van der Waals surface area contributed by atoms with Gasteiger partial charge in [-0.15, -0.1) is 0 Å². The molecule has 0 N–H and O–H groups in total. The van der Waals surface area contributed by atoms with E-state index in [4.69, 9.17) is 0 Å². The maximum Gasteiger partial charge on any atom is 0.244 e. The van der Waals surface area contributed by atoms with Gasteiger partial charge in [-0.05, 0) is 30.7 Å². The molecule has 0 aromatic heterocycles. The Morgan fingerprint density at radius 2 is 1.29 bits per heavy atom. The van der Waals surface area contributed by atoms with E-state index in [1.807, 2.05) is 12.4 Å². The molecule has 1 aliphatic heterocycles. The van der Waals surface area contributed by atoms with Crippen molar-refractivity contribution < 1.29 is 0 Å². The lowest BCUT2D eigenvalue weighted by molar-refractivity contribution is 0.284. The maximum absolute atomic E-state index is 4.62. The molecule has 0 radical (unpaired) electrons. The van der Waals surface area contributed by atoms with Crippen molar-refractivity contribution in [2.45, 2.75) is 97.3 Å². The van der Waals surface area contributed by atoms with Crippen LogP contribution in [0.5, 0.6) is 0 Å². The van der Waals surface area contributed by atoms with Crippen molar-refractivity contribution in [1.82, 2.24) is 0 Å². The van der Waals surface area contributed by atoms with Crippen LogP contribution in [0, 0.1) is 18.0 Å². The smallest absolute Gasteiger partial charge is 0.0965 e. The molecule has 2 rings (SSSR count). The molecular weight excluding hydrogens is 340 g/mol. The lowest BCUT2D eigenvalue weighted by atomic mass is 9.78. The van der Waals surface area contributed by atoms with Gasteiger partial charge < -0.3 is 0 Å². The van der Waals surface area contributed by atoms with Crippen LogP contribution in [0.1, 0.15) is 96.5 Å². The van der Waals surface area contributed by atoms with Crippen molar-refractivity contribution in [3.05, 3.63) is 42.1 Å². The van der Waals surface area contributed by atoms with E-state index in [1.54, 1.807) is 0 Å². The van der Waals surface area contributed by atoms with E-state index < -0.39 is 0 Å². The van der Waals surface area contributed by atoms with Gasteiger partial charge in [0, 0.05) is 0 Å². The van der Waals surface area contributed by atoms with Gasteiger partial charge in [-0.25, -0.2) is 0 Å². The highest BCUT2D eigenvalue weighted by Gasteiger charge is 2.35. The van der Waals surface area contributed by atoms with Gasteiger partial charge in [-0.1, -0.05) is 118 Å². The van der Waals surface area contributed by atoms with E-state index >= 15 is 0 Å². The minimum absolute atomic E-state index is 0.502. The quantitative estimate of drug-likeness (QED) is 0.206. The van der Waals surface area contributed by atoms with Crippen LogP contribution in [0.2, 0.25) is 0 Å². The molecule has 2 nitrogen and oxygen atoms in total. The Bertz CT molecular complexity index is 537. The number of nitrogens with zero attached hydrogens (tertiary/aromatic N) is 2. The summed E-state index contributed by atoms with van der Waals surface area (Å²) in [5, 5.41) is 0. The van der Waals surface area contributed by atoms with Crippen molar-refractivity contribution in [3.8, 4) is 0 Å². The third-order valence-electron chi connectivity index (χ3n) is 6.02. The standard InChI is InChI=1S/C26H41N2/c1-3-5-7-8-9-10-15-18-24(22-23-16-13-11-14-17-23)25(19-12-6-4-2)26-27-20-21-28-26/h11,13-14,16-17,20-21,24-25H,3-10,12,15,18-19,22H2,1-2H3/q+1. The van der Waals surface area contributed by atoms with Gasteiger partial charge >= 0.3 is 0 Å². The van der Waals surface area contributed by atoms with E-state index in [0.717, 1.165) is 12.6 Å². The SMILES string of the molecule is CCCCCCCCCC(Cc1ccccc1)C(CCCCC)[C+]1N=CC=N1. The zero-order valence-electron chi connectivity index (χ0n) is 18.3. The lowest BCUT2D eigenvalue weighted by Crippen LogP contribution is -2.22. The molecule has 28 heavy (non-hydrogen) atoms. The first-order valence-corrected chi connectivity index (χ1v) is 11.8. The highest BCUT2D eigenvalue weighted by Crippen LogP contribution is 2.36. The van der Waals surface area contributed by atoms with Crippen LogP contribution in [0.25, 0.3) is 0 Å². The van der Waals surface area contributed by atoms with Crippen molar-refractivity contribution in [2.75, 3.05) is 0 Å². The van der Waals surface area contributed by atoms with E-state index in [9.17, 15) is 0 Å². The number of hydrogen-bond donors (Lipinski definition) is 0. The Kier molecular flexibility index (Phi) is 11.7. The Morgan fingerprint density at radius 1 is 0.714 bits per heavy atom. The topological polar surface area (TPSA) is 24.7 Å². The third-order valence-corrected chi connectivity index (χ3v) is 6.02. The summed E-state index contributed by atoms with van der Waals surface area (Å²) in [5.41, 5.74) is 1.46. The van der Waals surface area contributed by atoms with Crippen LogP contribution in [0.15, 0.2) is 40.3 Å². The first-order valence-electron chi connectivity index (χ1n) is 11.8. The molecule has 0 saturated heterocycles. The minimum Gasteiger partial charge on any atom is -0.0965 e. The van der Waals surface area contributed by atoms with Crippen molar-refractivity contribution in [3.63, 3.8) is 0 Å². The van der Waals surface area contributed by atoms with Crippen LogP contribution < -0.4 is 0 Å². The second-order valence-corrected chi connectivity index (χ2v) is 8.38. The number of aliphatic imine (C=N–C) groups is 2. The number of unbranched alkanes of at least 4 members (excludes halogenated alkanes) is 8. The molecular formula is C26H41N2+. The van der Waals surface area contributed by atoms with E-state index in [1.165, 1.54) is 82.6 Å². The molecule has 0 fully saturated rings. The first-order chi connectivity index (χ1) is 13.8. The van der Waals surface area contributed by atoms with Gasteiger partial charge in [0.1, 0.15) is 0 Å². The second kappa shape index (κ2) is 14.4. The van der Waals surface area contributed by atoms with Gasteiger partial charge in [0.2, 0.25) is 6.17 Å². The summed E-state index contributed by atoms with van der Waals surface area (Å²) >= 11 is 0. The molecule has 1 aromatic rings. The lowest BCUT2D eigenvalue weighted by Gasteiger charge is -2.26. The molecule has 0 aliphatic carbocycles.